The largest absolute Gasteiger partial charge is 0.368 e. The van der Waals surface area contributed by atoms with E-state index in [1.165, 1.54) is 5.56 Å². The van der Waals surface area contributed by atoms with Gasteiger partial charge in [-0.05, 0) is 31.4 Å². The fraction of sp³-hybridized carbons (Fsp3) is 0.500. The number of fused-ring (bicyclic) bond motifs is 1. The van der Waals surface area contributed by atoms with E-state index >= 15 is 0 Å². The summed E-state index contributed by atoms with van der Waals surface area (Å²) < 4.78 is 0. The maximum atomic E-state index is 12.3. The Morgan fingerprint density at radius 2 is 2.07 bits per heavy atom. The van der Waals surface area contributed by atoms with Crippen molar-refractivity contribution in [3.8, 4) is 0 Å². The summed E-state index contributed by atoms with van der Waals surface area (Å²) in [6.45, 7) is 6.18. The summed E-state index contributed by atoms with van der Waals surface area (Å²) >= 11 is 0. The standard InChI is InChI=1S/C20H28N6O/c1-4-5-6-17-23-14(2)13-18(25-17)21-10-11-22-20(27)16-8-7-15-9-12-26(3)19(15)24-16/h7-8,13H,4-6,9-12H2,1-3H3,(H,22,27)(H,21,23,25). The Morgan fingerprint density at radius 3 is 2.89 bits per heavy atom. The van der Waals surface area contributed by atoms with Crippen molar-refractivity contribution in [1.82, 2.24) is 20.3 Å². The van der Waals surface area contributed by atoms with Gasteiger partial charge in [0.15, 0.2) is 0 Å². The van der Waals surface area contributed by atoms with E-state index in [0.29, 0.717) is 18.8 Å². The number of carbonyl (C=O) groups is 1. The molecule has 0 saturated carbocycles. The van der Waals surface area contributed by atoms with Gasteiger partial charge in [-0.3, -0.25) is 4.79 Å². The molecule has 0 fully saturated rings. The van der Waals surface area contributed by atoms with E-state index in [4.69, 9.17) is 0 Å². The molecule has 0 radical (unpaired) electrons. The number of likely N-dealkylation sites (N-methyl/N-ethyl adjacent to an activating group) is 1. The first kappa shape index (κ1) is 19.1. The van der Waals surface area contributed by atoms with Crippen LogP contribution in [0.3, 0.4) is 0 Å². The summed E-state index contributed by atoms with van der Waals surface area (Å²) in [5.41, 5.74) is 2.62. The number of nitrogens with one attached hydrogen (secondary N) is 2. The number of aromatic nitrogens is 3. The van der Waals surface area contributed by atoms with Gasteiger partial charge in [0.05, 0.1) is 0 Å². The van der Waals surface area contributed by atoms with Crippen molar-refractivity contribution in [2.75, 3.05) is 36.9 Å². The van der Waals surface area contributed by atoms with Gasteiger partial charge in [0.1, 0.15) is 23.2 Å². The first-order valence-electron chi connectivity index (χ1n) is 9.64. The molecule has 0 unspecified atom stereocenters. The van der Waals surface area contributed by atoms with Gasteiger partial charge in [-0.15, -0.1) is 0 Å². The highest BCUT2D eigenvalue weighted by Gasteiger charge is 2.19. The minimum atomic E-state index is -0.151. The van der Waals surface area contributed by atoms with E-state index in [1.807, 2.05) is 26.1 Å². The Labute approximate surface area is 160 Å². The normalized spacial score (nSPS) is 12.8. The zero-order valence-corrected chi connectivity index (χ0v) is 16.4. The quantitative estimate of drug-likeness (QED) is 0.696. The van der Waals surface area contributed by atoms with E-state index in [2.05, 4.69) is 37.4 Å². The van der Waals surface area contributed by atoms with Crippen LogP contribution < -0.4 is 15.5 Å². The van der Waals surface area contributed by atoms with Gasteiger partial charge >= 0.3 is 0 Å². The molecule has 7 nitrogen and oxygen atoms in total. The van der Waals surface area contributed by atoms with Crippen molar-refractivity contribution in [2.45, 2.75) is 39.5 Å². The summed E-state index contributed by atoms with van der Waals surface area (Å²) in [6.07, 6.45) is 4.09. The van der Waals surface area contributed by atoms with E-state index in [9.17, 15) is 4.79 Å². The lowest BCUT2D eigenvalue weighted by atomic mass is 10.2. The minimum absolute atomic E-state index is 0.151. The van der Waals surface area contributed by atoms with Crippen molar-refractivity contribution >= 4 is 17.5 Å². The number of carbonyl (C=O) groups excluding carboxylic acids is 1. The molecule has 1 amide bonds. The van der Waals surface area contributed by atoms with Crippen LogP contribution in [0.15, 0.2) is 18.2 Å². The molecule has 27 heavy (non-hydrogen) atoms. The first-order chi connectivity index (χ1) is 13.1. The third-order valence-electron chi connectivity index (χ3n) is 4.64. The average molecular weight is 368 g/mol. The highest BCUT2D eigenvalue weighted by Crippen LogP contribution is 2.24. The van der Waals surface area contributed by atoms with Gasteiger partial charge in [-0.1, -0.05) is 19.4 Å². The molecule has 2 N–H and O–H groups in total. The molecule has 0 atom stereocenters. The lowest BCUT2D eigenvalue weighted by Gasteiger charge is -2.12. The number of anilines is 2. The summed E-state index contributed by atoms with van der Waals surface area (Å²) in [5.74, 6) is 2.44. The minimum Gasteiger partial charge on any atom is -0.368 e. The fourth-order valence-corrected chi connectivity index (χ4v) is 3.15. The second kappa shape index (κ2) is 8.79. The molecule has 7 heteroatoms. The van der Waals surface area contributed by atoms with Crippen LogP contribution in [0, 0.1) is 6.92 Å². The zero-order valence-electron chi connectivity index (χ0n) is 16.4. The number of nitrogens with zero attached hydrogens (tertiary/aromatic N) is 4. The maximum Gasteiger partial charge on any atom is 0.270 e. The molecule has 2 aromatic rings. The van der Waals surface area contributed by atoms with Gasteiger partial charge in [0.2, 0.25) is 0 Å². The molecule has 144 valence electrons. The molecular formula is C20H28N6O. The number of pyridine rings is 1. The van der Waals surface area contributed by atoms with Crippen LogP contribution in [0.1, 0.15) is 47.3 Å². The predicted molar refractivity (Wildman–Crippen MR) is 107 cm³/mol. The van der Waals surface area contributed by atoms with Gasteiger partial charge in [0.25, 0.3) is 5.91 Å². The van der Waals surface area contributed by atoms with Gasteiger partial charge in [-0.25, -0.2) is 15.0 Å². The maximum absolute atomic E-state index is 12.3. The Balaban J connectivity index is 1.50. The second-order valence-electron chi connectivity index (χ2n) is 6.95. The zero-order chi connectivity index (χ0) is 19.2. The average Bonchev–Trinajstić information content (AvgIpc) is 3.03. The summed E-state index contributed by atoms with van der Waals surface area (Å²) in [4.78, 5) is 27.9. The lowest BCUT2D eigenvalue weighted by Crippen LogP contribution is -2.30. The molecule has 1 aliphatic heterocycles. The van der Waals surface area contributed by atoms with Crippen LogP contribution in [0.4, 0.5) is 11.6 Å². The molecule has 0 bridgehead atoms. The van der Waals surface area contributed by atoms with Crippen molar-refractivity contribution in [3.05, 3.63) is 41.0 Å². The molecule has 0 saturated heterocycles. The Kier molecular flexibility index (Phi) is 6.21. The van der Waals surface area contributed by atoms with E-state index in [-0.39, 0.29) is 5.91 Å². The van der Waals surface area contributed by atoms with Crippen LogP contribution in [0.25, 0.3) is 0 Å². The summed E-state index contributed by atoms with van der Waals surface area (Å²) in [6, 6.07) is 5.73. The molecule has 3 heterocycles. The number of amides is 1. The molecule has 3 rings (SSSR count). The molecule has 0 aliphatic carbocycles. The van der Waals surface area contributed by atoms with Gasteiger partial charge < -0.3 is 15.5 Å². The van der Waals surface area contributed by atoms with Crippen molar-refractivity contribution in [2.24, 2.45) is 0 Å². The highest BCUT2D eigenvalue weighted by molar-refractivity contribution is 5.92. The lowest BCUT2D eigenvalue weighted by molar-refractivity contribution is 0.0950. The highest BCUT2D eigenvalue weighted by atomic mass is 16.1. The van der Waals surface area contributed by atoms with Crippen LogP contribution in [0.5, 0.6) is 0 Å². The van der Waals surface area contributed by atoms with E-state index in [1.54, 1.807) is 6.07 Å². The Hall–Kier alpha value is -2.70. The predicted octanol–water partition coefficient (Wildman–Crippen LogP) is 2.36. The summed E-state index contributed by atoms with van der Waals surface area (Å²) in [7, 11) is 2.00. The van der Waals surface area contributed by atoms with Gasteiger partial charge in [0, 0.05) is 44.9 Å². The smallest absolute Gasteiger partial charge is 0.270 e. The Morgan fingerprint density at radius 1 is 1.22 bits per heavy atom. The fourth-order valence-electron chi connectivity index (χ4n) is 3.15. The number of rotatable bonds is 8. The molecule has 0 spiro atoms. The van der Waals surface area contributed by atoms with Crippen LogP contribution >= 0.6 is 0 Å². The first-order valence-corrected chi connectivity index (χ1v) is 9.64. The van der Waals surface area contributed by atoms with Crippen molar-refractivity contribution in [3.63, 3.8) is 0 Å². The number of aryl methyl sites for hydroxylation is 2. The van der Waals surface area contributed by atoms with Crippen molar-refractivity contribution in [1.29, 1.82) is 0 Å². The van der Waals surface area contributed by atoms with Gasteiger partial charge in [-0.2, -0.15) is 0 Å². The molecular weight excluding hydrogens is 340 g/mol. The van der Waals surface area contributed by atoms with E-state index < -0.39 is 0 Å². The molecule has 1 aliphatic rings. The second-order valence-corrected chi connectivity index (χ2v) is 6.95. The van der Waals surface area contributed by atoms with Crippen LogP contribution in [0.2, 0.25) is 0 Å². The SMILES string of the molecule is CCCCc1nc(C)cc(NCCNC(=O)c2ccc3c(n2)N(C)CC3)n1. The third-order valence-corrected chi connectivity index (χ3v) is 4.64. The molecule has 2 aromatic heterocycles. The number of hydrogen-bond donors (Lipinski definition) is 2. The van der Waals surface area contributed by atoms with E-state index in [0.717, 1.165) is 55.4 Å². The summed E-state index contributed by atoms with van der Waals surface area (Å²) in [5, 5.41) is 6.18. The monoisotopic (exact) mass is 368 g/mol. The Bertz CT molecular complexity index is 807. The number of unbranched alkanes of at least 4 members (excludes halogenated alkanes) is 1. The van der Waals surface area contributed by atoms with Crippen molar-refractivity contribution < 1.29 is 4.79 Å². The number of hydrogen-bond acceptors (Lipinski definition) is 6. The van der Waals surface area contributed by atoms with Crippen LogP contribution in [-0.4, -0.2) is 47.5 Å². The topological polar surface area (TPSA) is 83.0 Å². The molecule has 0 aromatic carbocycles. The van der Waals surface area contributed by atoms with Crippen LogP contribution in [-0.2, 0) is 12.8 Å². The third kappa shape index (κ3) is 4.93.